The SMILES string of the molecule is COC1Cc2cc(C(F)(F)F)ccc2-n2c(nnc2[C@H]2CC[C@H](Oc3ccccn3)CC2)C1. The van der Waals surface area contributed by atoms with E-state index < -0.39 is 11.7 Å². The topological polar surface area (TPSA) is 62.1 Å². The Morgan fingerprint density at radius 3 is 2.48 bits per heavy atom. The summed E-state index contributed by atoms with van der Waals surface area (Å²) in [7, 11) is 1.58. The number of hydrogen-bond donors (Lipinski definition) is 0. The molecule has 0 N–H and O–H groups in total. The van der Waals surface area contributed by atoms with Crippen LogP contribution in [0.5, 0.6) is 5.88 Å². The summed E-state index contributed by atoms with van der Waals surface area (Å²) >= 11 is 0. The molecule has 1 fully saturated rings. The van der Waals surface area contributed by atoms with E-state index in [1.807, 2.05) is 22.8 Å². The number of rotatable bonds is 4. The molecule has 0 saturated heterocycles. The molecule has 2 aliphatic rings. The summed E-state index contributed by atoms with van der Waals surface area (Å²) in [5, 5.41) is 8.91. The van der Waals surface area contributed by atoms with Gasteiger partial charge in [0.1, 0.15) is 17.8 Å². The van der Waals surface area contributed by atoms with Crippen LogP contribution in [-0.4, -0.2) is 39.1 Å². The second-order valence-corrected chi connectivity index (χ2v) is 8.68. The summed E-state index contributed by atoms with van der Waals surface area (Å²) < 4.78 is 53.6. The van der Waals surface area contributed by atoms with E-state index in [0.29, 0.717) is 30.0 Å². The maximum absolute atomic E-state index is 13.4. The van der Waals surface area contributed by atoms with Crippen molar-refractivity contribution in [2.24, 2.45) is 0 Å². The van der Waals surface area contributed by atoms with Crippen LogP contribution >= 0.6 is 0 Å². The van der Waals surface area contributed by atoms with Crippen LogP contribution < -0.4 is 4.74 Å². The van der Waals surface area contributed by atoms with Gasteiger partial charge >= 0.3 is 6.18 Å². The van der Waals surface area contributed by atoms with Gasteiger partial charge in [0.05, 0.1) is 17.4 Å². The zero-order valence-electron chi connectivity index (χ0n) is 18.3. The fourth-order valence-corrected chi connectivity index (χ4v) is 4.85. The lowest BCUT2D eigenvalue weighted by atomic mass is 9.86. The summed E-state index contributed by atoms with van der Waals surface area (Å²) in [6.07, 6.45) is 1.46. The molecule has 0 bridgehead atoms. The van der Waals surface area contributed by atoms with Crippen LogP contribution in [0.4, 0.5) is 13.2 Å². The maximum atomic E-state index is 13.4. The zero-order chi connectivity index (χ0) is 23.0. The standard InChI is InChI=1S/C24H25F3N4O2/c1-32-19-13-16-12-17(24(25,26)27)7-10-20(16)31-21(14-19)29-30-23(31)15-5-8-18(9-6-15)33-22-4-2-3-11-28-22/h2-4,7,10-12,15,18-19H,5-6,8-9,13-14H2,1H3/t15-,18-,19?. The van der Waals surface area contributed by atoms with Crippen molar-refractivity contribution in [2.75, 3.05) is 7.11 Å². The fourth-order valence-electron chi connectivity index (χ4n) is 4.85. The van der Waals surface area contributed by atoms with Gasteiger partial charge in [-0.3, -0.25) is 4.57 Å². The number of methoxy groups -OCH3 is 1. The van der Waals surface area contributed by atoms with Gasteiger partial charge in [-0.25, -0.2) is 4.98 Å². The van der Waals surface area contributed by atoms with Crippen molar-refractivity contribution in [3.8, 4) is 11.6 Å². The minimum absolute atomic E-state index is 0.0853. The van der Waals surface area contributed by atoms with Crippen LogP contribution in [-0.2, 0) is 23.8 Å². The van der Waals surface area contributed by atoms with E-state index in [2.05, 4.69) is 15.2 Å². The molecule has 5 rings (SSSR count). The Hall–Kier alpha value is -2.94. The molecule has 0 spiro atoms. The highest BCUT2D eigenvalue weighted by atomic mass is 19.4. The second kappa shape index (κ2) is 8.78. The van der Waals surface area contributed by atoms with Gasteiger partial charge in [-0.05, 0) is 55.5 Å². The predicted molar refractivity (Wildman–Crippen MR) is 114 cm³/mol. The Balaban J connectivity index is 1.42. The lowest BCUT2D eigenvalue weighted by Crippen LogP contribution is -2.25. The first-order chi connectivity index (χ1) is 15.9. The molecule has 3 aromatic rings. The predicted octanol–water partition coefficient (Wildman–Crippen LogP) is 4.90. The first-order valence-electron chi connectivity index (χ1n) is 11.2. The van der Waals surface area contributed by atoms with Crippen LogP contribution in [0, 0.1) is 0 Å². The smallest absolute Gasteiger partial charge is 0.416 e. The molecule has 1 saturated carbocycles. The number of benzene rings is 1. The number of nitrogens with zero attached hydrogens (tertiary/aromatic N) is 4. The van der Waals surface area contributed by atoms with Gasteiger partial charge in [-0.2, -0.15) is 13.2 Å². The van der Waals surface area contributed by atoms with E-state index in [1.165, 1.54) is 6.07 Å². The number of fused-ring (bicyclic) bond motifs is 3. The Kier molecular flexibility index (Phi) is 5.82. The van der Waals surface area contributed by atoms with Gasteiger partial charge in [0, 0.05) is 38.1 Å². The molecule has 1 aliphatic heterocycles. The quantitative estimate of drug-likeness (QED) is 0.557. The highest BCUT2D eigenvalue weighted by Gasteiger charge is 2.35. The van der Waals surface area contributed by atoms with Gasteiger partial charge < -0.3 is 9.47 Å². The molecule has 33 heavy (non-hydrogen) atoms. The van der Waals surface area contributed by atoms with Crippen molar-refractivity contribution in [2.45, 2.75) is 62.8 Å². The molecule has 1 unspecified atom stereocenters. The molecule has 174 valence electrons. The van der Waals surface area contributed by atoms with E-state index in [4.69, 9.17) is 9.47 Å². The number of hydrogen-bond acceptors (Lipinski definition) is 5. The van der Waals surface area contributed by atoms with Crippen LogP contribution in [0.3, 0.4) is 0 Å². The summed E-state index contributed by atoms with van der Waals surface area (Å²) in [5.74, 6) is 2.31. The molecule has 9 heteroatoms. The van der Waals surface area contributed by atoms with Gasteiger partial charge in [0.25, 0.3) is 0 Å². The number of ether oxygens (including phenoxy) is 2. The average Bonchev–Trinajstić information content (AvgIpc) is 3.15. The van der Waals surface area contributed by atoms with E-state index in [1.54, 1.807) is 19.4 Å². The second-order valence-electron chi connectivity index (χ2n) is 8.68. The van der Waals surface area contributed by atoms with E-state index >= 15 is 0 Å². The van der Waals surface area contributed by atoms with Crippen molar-refractivity contribution in [3.63, 3.8) is 0 Å². The lowest BCUT2D eigenvalue weighted by Gasteiger charge is -2.28. The number of pyridine rings is 1. The first kappa shape index (κ1) is 21.9. The molecule has 2 aromatic heterocycles. The van der Waals surface area contributed by atoms with Crippen molar-refractivity contribution < 1.29 is 22.6 Å². The van der Waals surface area contributed by atoms with E-state index in [9.17, 15) is 13.2 Å². The van der Waals surface area contributed by atoms with Gasteiger partial charge in [0.15, 0.2) is 0 Å². The minimum Gasteiger partial charge on any atom is -0.474 e. The van der Waals surface area contributed by atoms with Gasteiger partial charge in [-0.1, -0.05) is 6.07 Å². The van der Waals surface area contributed by atoms with Crippen molar-refractivity contribution in [1.82, 2.24) is 19.7 Å². The van der Waals surface area contributed by atoms with Crippen LogP contribution in [0.15, 0.2) is 42.6 Å². The molecular formula is C24H25F3N4O2. The van der Waals surface area contributed by atoms with Crippen molar-refractivity contribution in [3.05, 3.63) is 65.4 Å². The van der Waals surface area contributed by atoms with Crippen LogP contribution in [0.1, 0.15) is 54.4 Å². The van der Waals surface area contributed by atoms with Crippen molar-refractivity contribution in [1.29, 1.82) is 0 Å². The van der Waals surface area contributed by atoms with Gasteiger partial charge in [-0.15, -0.1) is 10.2 Å². The molecule has 0 radical (unpaired) electrons. The summed E-state index contributed by atoms with van der Waals surface area (Å²) in [6.45, 7) is 0. The summed E-state index contributed by atoms with van der Waals surface area (Å²) in [5.41, 5.74) is 0.661. The zero-order valence-corrected chi connectivity index (χ0v) is 18.3. The third-order valence-corrected chi connectivity index (χ3v) is 6.56. The Morgan fingerprint density at radius 2 is 1.79 bits per heavy atom. The van der Waals surface area contributed by atoms with Crippen LogP contribution in [0.25, 0.3) is 5.69 Å². The Morgan fingerprint density at radius 1 is 0.970 bits per heavy atom. The maximum Gasteiger partial charge on any atom is 0.416 e. The number of halogens is 3. The van der Waals surface area contributed by atoms with E-state index in [-0.39, 0.29) is 18.1 Å². The van der Waals surface area contributed by atoms with Crippen LogP contribution in [0.2, 0.25) is 0 Å². The average molecular weight is 458 g/mol. The highest BCUT2D eigenvalue weighted by Crippen LogP contribution is 2.38. The molecule has 1 aromatic carbocycles. The first-order valence-corrected chi connectivity index (χ1v) is 11.2. The molecule has 3 heterocycles. The molecule has 1 atom stereocenters. The van der Waals surface area contributed by atoms with E-state index in [0.717, 1.165) is 43.4 Å². The molecule has 0 amide bonds. The molecule has 6 nitrogen and oxygen atoms in total. The number of alkyl halides is 3. The van der Waals surface area contributed by atoms with Crippen molar-refractivity contribution >= 4 is 0 Å². The lowest BCUT2D eigenvalue weighted by molar-refractivity contribution is -0.137. The summed E-state index contributed by atoms with van der Waals surface area (Å²) in [4.78, 5) is 4.23. The molecule has 1 aliphatic carbocycles. The summed E-state index contributed by atoms with van der Waals surface area (Å²) in [6, 6.07) is 9.51. The normalized spacial score (nSPS) is 22.8. The minimum atomic E-state index is -4.39. The molecular weight excluding hydrogens is 433 g/mol. The van der Waals surface area contributed by atoms with Gasteiger partial charge in [0.2, 0.25) is 5.88 Å². The Bertz CT molecular complexity index is 1110. The third kappa shape index (κ3) is 4.46. The largest absolute Gasteiger partial charge is 0.474 e. The highest BCUT2D eigenvalue weighted by molar-refractivity contribution is 5.48. The monoisotopic (exact) mass is 458 g/mol. The fraction of sp³-hybridized carbons (Fsp3) is 0.458. The number of aromatic nitrogens is 4. The third-order valence-electron chi connectivity index (χ3n) is 6.56. The Labute approximate surface area is 189 Å².